The van der Waals surface area contributed by atoms with E-state index in [1.54, 1.807) is 55.6 Å². The highest BCUT2D eigenvalue weighted by Crippen LogP contribution is 2.24. The van der Waals surface area contributed by atoms with Crippen LogP contribution in [0.2, 0.25) is 0 Å². The molecule has 0 bridgehead atoms. The predicted octanol–water partition coefficient (Wildman–Crippen LogP) is 2.48. The molecule has 2 rings (SSSR count). The summed E-state index contributed by atoms with van der Waals surface area (Å²) in [5.74, 6) is -0.586. The molecule has 0 aliphatic heterocycles. The number of hydrogen-bond acceptors (Lipinski definition) is 7. The number of rotatable bonds is 7. The molecule has 0 aliphatic rings. The molecule has 0 saturated heterocycles. The van der Waals surface area contributed by atoms with Crippen LogP contribution in [0.25, 0.3) is 0 Å². The first-order valence-corrected chi connectivity index (χ1v) is 8.22. The van der Waals surface area contributed by atoms with Gasteiger partial charge in [-0.05, 0) is 42.5 Å². The topological polar surface area (TPSA) is 103 Å². The molecule has 1 amide bonds. The van der Waals surface area contributed by atoms with E-state index in [4.69, 9.17) is 4.74 Å². The molecule has 0 fully saturated rings. The zero-order valence-corrected chi connectivity index (χ0v) is 15.6. The van der Waals surface area contributed by atoms with Crippen LogP contribution in [0.15, 0.2) is 60.3 Å². The van der Waals surface area contributed by atoms with Crippen molar-refractivity contribution in [2.75, 3.05) is 26.6 Å². The van der Waals surface area contributed by atoms with Crippen molar-refractivity contribution in [1.82, 2.24) is 5.32 Å². The number of esters is 2. The average molecular weight is 384 g/mol. The van der Waals surface area contributed by atoms with Crippen LogP contribution < -0.4 is 15.4 Å². The lowest BCUT2D eigenvalue weighted by Gasteiger charge is -2.11. The fourth-order valence-corrected chi connectivity index (χ4v) is 2.18. The molecule has 0 radical (unpaired) electrons. The van der Waals surface area contributed by atoms with Crippen LogP contribution >= 0.6 is 0 Å². The molecule has 2 aromatic carbocycles. The second kappa shape index (κ2) is 9.77. The molecule has 2 aromatic rings. The number of hydrogen-bond donors (Lipinski definition) is 2. The average Bonchev–Trinajstić information content (AvgIpc) is 2.73. The summed E-state index contributed by atoms with van der Waals surface area (Å²) in [5.41, 5.74) is 0.947. The minimum absolute atomic E-state index is 0.0682. The van der Waals surface area contributed by atoms with Gasteiger partial charge in [-0.15, -0.1) is 0 Å². The molecule has 8 nitrogen and oxygen atoms in total. The Morgan fingerprint density at radius 1 is 0.929 bits per heavy atom. The summed E-state index contributed by atoms with van der Waals surface area (Å²) in [6, 6.07) is 13.4. The molecule has 8 heteroatoms. The van der Waals surface area contributed by atoms with Gasteiger partial charge in [0.25, 0.3) is 5.91 Å². The third-order valence-corrected chi connectivity index (χ3v) is 3.56. The molecule has 28 heavy (non-hydrogen) atoms. The molecule has 0 spiro atoms. The van der Waals surface area contributed by atoms with Gasteiger partial charge < -0.3 is 24.8 Å². The fraction of sp³-hybridized carbons (Fsp3) is 0.150. The maximum absolute atomic E-state index is 11.8. The fourth-order valence-electron chi connectivity index (χ4n) is 2.18. The standard InChI is InChI=1S/C20H20N2O6/c1-21-19(24)13-5-4-6-16(11-13)28-15-9-7-14(8-10-15)22-17(20(25)27-3)12-18(23)26-2/h4-12,22H,1-3H3,(H,21,24)/b17-12+. The minimum atomic E-state index is -0.711. The van der Waals surface area contributed by atoms with Crippen LogP contribution in [-0.2, 0) is 19.1 Å². The van der Waals surface area contributed by atoms with Gasteiger partial charge in [-0.1, -0.05) is 6.07 Å². The van der Waals surface area contributed by atoms with Crippen molar-refractivity contribution in [3.63, 3.8) is 0 Å². The summed E-state index contributed by atoms with van der Waals surface area (Å²) in [6.07, 6.45) is 1.00. The van der Waals surface area contributed by atoms with Gasteiger partial charge in [0.05, 0.1) is 20.3 Å². The zero-order chi connectivity index (χ0) is 20.5. The van der Waals surface area contributed by atoms with Crippen LogP contribution in [0.5, 0.6) is 11.5 Å². The number of carbonyl (C=O) groups excluding carboxylic acids is 3. The van der Waals surface area contributed by atoms with Crippen molar-refractivity contribution in [3.8, 4) is 11.5 Å². The molecule has 0 heterocycles. The van der Waals surface area contributed by atoms with Crippen molar-refractivity contribution >= 4 is 23.5 Å². The van der Waals surface area contributed by atoms with Crippen LogP contribution in [0.4, 0.5) is 5.69 Å². The molecular formula is C20H20N2O6. The summed E-state index contributed by atoms with van der Waals surface area (Å²) in [5, 5.41) is 5.35. The molecule has 0 unspecified atom stereocenters. The number of nitrogens with one attached hydrogen (secondary N) is 2. The van der Waals surface area contributed by atoms with Crippen molar-refractivity contribution in [2.45, 2.75) is 0 Å². The monoisotopic (exact) mass is 384 g/mol. The highest BCUT2D eigenvalue weighted by Gasteiger charge is 2.13. The number of ether oxygens (including phenoxy) is 3. The Kier molecular flexibility index (Phi) is 7.15. The Hall–Kier alpha value is -3.81. The van der Waals surface area contributed by atoms with Crippen molar-refractivity contribution in [3.05, 3.63) is 65.9 Å². The molecule has 0 atom stereocenters. The van der Waals surface area contributed by atoms with Crippen LogP contribution in [0.1, 0.15) is 10.4 Å². The zero-order valence-electron chi connectivity index (χ0n) is 15.6. The van der Waals surface area contributed by atoms with Gasteiger partial charge in [0.15, 0.2) is 0 Å². The van der Waals surface area contributed by atoms with E-state index in [1.165, 1.54) is 14.2 Å². The van der Waals surface area contributed by atoms with E-state index in [0.29, 0.717) is 22.7 Å². The van der Waals surface area contributed by atoms with Crippen LogP contribution in [-0.4, -0.2) is 39.1 Å². The first kappa shape index (κ1) is 20.5. The number of benzene rings is 2. The van der Waals surface area contributed by atoms with E-state index in [2.05, 4.69) is 20.1 Å². The normalized spacial score (nSPS) is 10.6. The lowest BCUT2D eigenvalue weighted by molar-refractivity contribution is -0.138. The highest BCUT2D eigenvalue weighted by atomic mass is 16.5. The summed E-state index contributed by atoms with van der Waals surface area (Å²) >= 11 is 0. The van der Waals surface area contributed by atoms with Gasteiger partial charge in [0, 0.05) is 18.3 Å². The summed E-state index contributed by atoms with van der Waals surface area (Å²) in [4.78, 5) is 34.9. The Morgan fingerprint density at radius 3 is 2.25 bits per heavy atom. The Labute approximate surface area is 162 Å². The molecule has 2 N–H and O–H groups in total. The highest BCUT2D eigenvalue weighted by molar-refractivity contribution is 5.98. The summed E-state index contributed by atoms with van der Waals surface area (Å²) in [6.45, 7) is 0. The van der Waals surface area contributed by atoms with Gasteiger partial charge in [-0.2, -0.15) is 0 Å². The van der Waals surface area contributed by atoms with E-state index in [-0.39, 0.29) is 11.6 Å². The Morgan fingerprint density at radius 2 is 1.64 bits per heavy atom. The molecule has 0 aromatic heterocycles. The first-order valence-electron chi connectivity index (χ1n) is 8.22. The number of carbonyl (C=O) groups is 3. The van der Waals surface area contributed by atoms with Gasteiger partial charge in [0.2, 0.25) is 0 Å². The molecule has 146 valence electrons. The largest absolute Gasteiger partial charge is 0.466 e. The minimum Gasteiger partial charge on any atom is -0.466 e. The predicted molar refractivity (Wildman–Crippen MR) is 102 cm³/mol. The molecular weight excluding hydrogens is 364 g/mol. The first-order chi connectivity index (χ1) is 13.5. The second-order valence-electron chi connectivity index (χ2n) is 5.43. The Bertz CT molecular complexity index is 890. The smallest absolute Gasteiger partial charge is 0.354 e. The summed E-state index contributed by atoms with van der Waals surface area (Å²) < 4.78 is 14.9. The lowest BCUT2D eigenvalue weighted by atomic mass is 10.2. The second-order valence-corrected chi connectivity index (χ2v) is 5.43. The summed E-state index contributed by atoms with van der Waals surface area (Å²) in [7, 11) is 3.97. The van der Waals surface area contributed by atoms with E-state index in [9.17, 15) is 14.4 Å². The van der Waals surface area contributed by atoms with Crippen molar-refractivity contribution < 1.29 is 28.6 Å². The van der Waals surface area contributed by atoms with E-state index >= 15 is 0 Å². The van der Waals surface area contributed by atoms with Crippen LogP contribution in [0, 0.1) is 0 Å². The third kappa shape index (κ3) is 5.60. The third-order valence-electron chi connectivity index (χ3n) is 3.56. The van der Waals surface area contributed by atoms with Gasteiger partial charge in [0.1, 0.15) is 17.2 Å². The van der Waals surface area contributed by atoms with Gasteiger partial charge in [-0.3, -0.25) is 4.79 Å². The van der Waals surface area contributed by atoms with Gasteiger partial charge in [-0.25, -0.2) is 9.59 Å². The van der Waals surface area contributed by atoms with E-state index in [0.717, 1.165) is 6.08 Å². The SMILES string of the molecule is CNC(=O)c1cccc(Oc2ccc(N/C(=C/C(=O)OC)C(=O)OC)cc2)c1. The van der Waals surface area contributed by atoms with Crippen LogP contribution in [0.3, 0.4) is 0 Å². The van der Waals surface area contributed by atoms with E-state index in [1.807, 2.05) is 0 Å². The van der Waals surface area contributed by atoms with E-state index < -0.39 is 11.9 Å². The van der Waals surface area contributed by atoms with Crippen molar-refractivity contribution in [1.29, 1.82) is 0 Å². The number of methoxy groups -OCH3 is 2. The Balaban J connectivity index is 2.12. The van der Waals surface area contributed by atoms with Gasteiger partial charge >= 0.3 is 11.9 Å². The lowest BCUT2D eigenvalue weighted by Crippen LogP contribution is -2.17. The molecule has 0 aliphatic carbocycles. The maximum Gasteiger partial charge on any atom is 0.354 e. The quantitative estimate of drug-likeness (QED) is 0.558. The maximum atomic E-state index is 11.8. The van der Waals surface area contributed by atoms with Crippen molar-refractivity contribution in [2.24, 2.45) is 0 Å². The number of anilines is 1. The number of amides is 1. The molecule has 0 saturated carbocycles.